The molecule has 0 aliphatic carbocycles. The average molecular weight is 254 g/mol. The van der Waals surface area contributed by atoms with Gasteiger partial charge in [0.05, 0.1) is 0 Å². The van der Waals surface area contributed by atoms with Gasteiger partial charge in [0.25, 0.3) is 0 Å². The van der Waals surface area contributed by atoms with Gasteiger partial charge in [-0.3, -0.25) is 0 Å². The Hall–Kier alpha value is -0.770. The molecule has 2 rings (SSSR count). The van der Waals surface area contributed by atoms with Gasteiger partial charge in [-0.05, 0) is 46.6 Å². The van der Waals surface area contributed by atoms with E-state index in [1.807, 2.05) is 25.7 Å². The molecule has 0 saturated carbocycles. The maximum Gasteiger partial charge on any atom is 0.410 e. The highest BCUT2D eigenvalue weighted by Gasteiger charge is 2.40. The van der Waals surface area contributed by atoms with Crippen molar-refractivity contribution in [3.8, 4) is 0 Å². The molecule has 104 valence electrons. The number of carbonyl (C=O) groups is 1. The van der Waals surface area contributed by atoms with Crippen LogP contribution in [0.4, 0.5) is 4.79 Å². The zero-order chi connectivity index (χ0) is 13.2. The van der Waals surface area contributed by atoms with Crippen molar-refractivity contribution in [3.05, 3.63) is 0 Å². The van der Waals surface area contributed by atoms with Crippen molar-refractivity contribution in [2.24, 2.45) is 0 Å². The van der Waals surface area contributed by atoms with Gasteiger partial charge in [-0.25, -0.2) is 4.79 Å². The van der Waals surface area contributed by atoms with Gasteiger partial charge in [-0.2, -0.15) is 0 Å². The third-order valence-corrected chi connectivity index (χ3v) is 3.84. The normalized spacial score (nSPS) is 29.4. The number of hydrogen-bond donors (Lipinski definition) is 1. The molecule has 4 nitrogen and oxygen atoms in total. The third-order valence-electron chi connectivity index (χ3n) is 3.84. The molecule has 0 aromatic rings. The summed E-state index contributed by atoms with van der Waals surface area (Å²) in [4.78, 5) is 13.9. The fraction of sp³-hybridized carbons (Fsp3) is 0.929. The van der Waals surface area contributed by atoms with Crippen LogP contribution < -0.4 is 5.32 Å². The largest absolute Gasteiger partial charge is 0.444 e. The summed E-state index contributed by atoms with van der Waals surface area (Å²) in [6, 6.07) is 0. The first kappa shape index (κ1) is 13.7. The topological polar surface area (TPSA) is 41.6 Å². The molecule has 0 bridgehead atoms. The Morgan fingerprint density at radius 3 is 2.72 bits per heavy atom. The lowest BCUT2D eigenvalue weighted by molar-refractivity contribution is 0.0280. The number of amides is 1. The van der Waals surface area contributed by atoms with E-state index in [9.17, 15) is 4.79 Å². The molecule has 4 heteroatoms. The minimum absolute atomic E-state index is 0.160. The van der Waals surface area contributed by atoms with E-state index < -0.39 is 5.60 Å². The van der Waals surface area contributed by atoms with E-state index in [0.717, 1.165) is 26.1 Å². The second kappa shape index (κ2) is 5.08. The van der Waals surface area contributed by atoms with Gasteiger partial charge in [-0.1, -0.05) is 12.8 Å². The Morgan fingerprint density at radius 1 is 1.22 bits per heavy atom. The maximum atomic E-state index is 12.0. The molecule has 0 aromatic heterocycles. The van der Waals surface area contributed by atoms with Gasteiger partial charge in [0, 0.05) is 18.6 Å². The van der Waals surface area contributed by atoms with Crippen LogP contribution in [0.2, 0.25) is 0 Å². The van der Waals surface area contributed by atoms with Gasteiger partial charge in [0.15, 0.2) is 0 Å². The lowest BCUT2D eigenvalue weighted by Crippen LogP contribution is -2.48. The molecule has 0 radical (unpaired) electrons. The summed E-state index contributed by atoms with van der Waals surface area (Å²) in [5, 5.41) is 3.66. The van der Waals surface area contributed by atoms with Crippen LogP contribution in [0.25, 0.3) is 0 Å². The number of carbonyl (C=O) groups excluding carboxylic acids is 1. The summed E-state index contributed by atoms with van der Waals surface area (Å²) in [6.45, 7) is 8.47. The molecule has 2 heterocycles. The zero-order valence-corrected chi connectivity index (χ0v) is 11.9. The standard InChI is InChI=1S/C14H26N2O2/c1-13(2,3)18-12(17)16-10-8-14(11-16)7-5-4-6-9-15-14/h15H,4-11H2,1-3H3. The van der Waals surface area contributed by atoms with Crippen molar-refractivity contribution in [2.45, 2.75) is 64.0 Å². The smallest absolute Gasteiger partial charge is 0.410 e. The van der Waals surface area contributed by atoms with Gasteiger partial charge >= 0.3 is 6.09 Å². The molecule has 1 atom stereocenters. The maximum absolute atomic E-state index is 12.0. The van der Waals surface area contributed by atoms with Crippen LogP contribution in [0.1, 0.15) is 52.9 Å². The minimum atomic E-state index is -0.399. The van der Waals surface area contributed by atoms with Crippen molar-refractivity contribution in [1.29, 1.82) is 0 Å². The molecule has 2 fully saturated rings. The fourth-order valence-corrected chi connectivity index (χ4v) is 2.91. The SMILES string of the molecule is CC(C)(C)OC(=O)N1CCC2(CCCCCN2)C1. The van der Waals surface area contributed by atoms with E-state index in [4.69, 9.17) is 4.74 Å². The van der Waals surface area contributed by atoms with E-state index >= 15 is 0 Å². The molecule has 1 amide bonds. The summed E-state index contributed by atoms with van der Waals surface area (Å²) in [6.07, 6.45) is 5.92. The molecule has 1 spiro atoms. The van der Waals surface area contributed by atoms with Crippen LogP contribution in [-0.4, -0.2) is 41.8 Å². The van der Waals surface area contributed by atoms with Gasteiger partial charge in [-0.15, -0.1) is 0 Å². The van der Waals surface area contributed by atoms with Crippen molar-refractivity contribution < 1.29 is 9.53 Å². The molecule has 2 aliphatic heterocycles. The van der Waals surface area contributed by atoms with E-state index in [2.05, 4.69) is 5.32 Å². The van der Waals surface area contributed by atoms with Crippen LogP contribution in [0.3, 0.4) is 0 Å². The van der Waals surface area contributed by atoms with Gasteiger partial charge in [0.2, 0.25) is 0 Å². The first-order chi connectivity index (χ1) is 8.40. The third kappa shape index (κ3) is 3.37. The van der Waals surface area contributed by atoms with Crippen LogP contribution in [0.15, 0.2) is 0 Å². The van der Waals surface area contributed by atoms with Crippen molar-refractivity contribution in [3.63, 3.8) is 0 Å². The van der Waals surface area contributed by atoms with Crippen LogP contribution in [0.5, 0.6) is 0 Å². The summed E-state index contributed by atoms with van der Waals surface area (Å²) in [5.41, 5.74) is -0.239. The molecule has 18 heavy (non-hydrogen) atoms. The van der Waals surface area contributed by atoms with E-state index in [1.54, 1.807) is 0 Å². The average Bonchev–Trinajstić information content (AvgIpc) is 2.51. The lowest BCUT2D eigenvalue weighted by atomic mass is 9.93. The predicted octanol–water partition coefficient (Wildman–Crippen LogP) is 2.53. The molecular formula is C14H26N2O2. The molecule has 2 aliphatic rings. The molecule has 0 aromatic carbocycles. The summed E-state index contributed by atoms with van der Waals surface area (Å²) in [7, 11) is 0. The number of nitrogens with one attached hydrogen (secondary N) is 1. The second-order valence-electron chi connectivity index (χ2n) is 6.67. The Morgan fingerprint density at radius 2 is 2.00 bits per heavy atom. The predicted molar refractivity (Wildman–Crippen MR) is 71.6 cm³/mol. The molecule has 1 N–H and O–H groups in total. The van der Waals surface area contributed by atoms with Crippen molar-refractivity contribution in [2.75, 3.05) is 19.6 Å². The number of rotatable bonds is 0. The first-order valence-corrected chi connectivity index (χ1v) is 7.13. The van der Waals surface area contributed by atoms with Crippen LogP contribution >= 0.6 is 0 Å². The summed E-state index contributed by atoms with van der Waals surface area (Å²) < 4.78 is 5.45. The Labute approximate surface area is 110 Å². The lowest BCUT2D eigenvalue weighted by Gasteiger charge is -2.30. The number of hydrogen-bond acceptors (Lipinski definition) is 3. The Kier molecular flexibility index (Phi) is 3.85. The molecular weight excluding hydrogens is 228 g/mol. The number of nitrogens with zero attached hydrogens (tertiary/aromatic N) is 1. The highest BCUT2D eigenvalue weighted by atomic mass is 16.6. The summed E-state index contributed by atoms with van der Waals surface area (Å²) in [5.74, 6) is 0. The fourth-order valence-electron chi connectivity index (χ4n) is 2.91. The van der Waals surface area contributed by atoms with E-state index in [-0.39, 0.29) is 11.6 Å². The highest BCUT2D eigenvalue weighted by Crippen LogP contribution is 2.30. The second-order valence-corrected chi connectivity index (χ2v) is 6.67. The Balaban J connectivity index is 1.92. The molecule has 1 unspecified atom stereocenters. The van der Waals surface area contributed by atoms with Crippen LogP contribution in [-0.2, 0) is 4.74 Å². The van der Waals surface area contributed by atoms with Gasteiger partial charge < -0.3 is 15.0 Å². The van der Waals surface area contributed by atoms with Crippen molar-refractivity contribution >= 4 is 6.09 Å². The van der Waals surface area contributed by atoms with Crippen molar-refractivity contribution in [1.82, 2.24) is 10.2 Å². The monoisotopic (exact) mass is 254 g/mol. The van der Waals surface area contributed by atoms with E-state index in [1.165, 1.54) is 25.7 Å². The highest BCUT2D eigenvalue weighted by molar-refractivity contribution is 5.68. The molecule has 2 saturated heterocycles. The Bertz CT molecular complexity index is 301. The van der Waals surface area contributed by atoms with E-state index in [0.29, 0.717) is 0 Å². The quantitative estimate of drug-likeness (QED) is 0.722. The summed E-state index contributed by atoms with van der Waals surface area (Å²) >= 11 is 0. The number of ether oxygens (including phenoxy) is 1. The van der Waals surface area contributed by atoms with Gasteiger partial charge in [0.1, 0.15) is 5.60 Å². The zero-order valence-electron chi connectivity index (χ0n) is 11.9. The minimum Gasteiger partial charge on any atom is -0.444 e. The number of likely N-dealkylation sites (tertiary alicyclic amines) is 1. The van der Waals surface area contributed by atoms with Crippen LogP contribution in [0, 0.1) is 0 Å². The first-order valence-electron chi connectivity index (χ1n) is 7.13.